The van der Waals surface area contributed by atoms with Gasteiger partial charge < -0.3 is 24.5 Å². The van der Waals surface area contributed by atoms with Gasteiger partial charge in [-0.3, -0.25) is 19.3 Å². The highest BCUT2D eigenvalue weighted by molar-refractivity contribution is 6.01. The number of ether oxygens (including phenoxy) is 1. The van der Waals surface area contributed by atoms with Crippen molar-refractivity contribution in [2.45, 2.75) is 57.4 Å². The summed E-state index contributed by atoms with van der Waals surface area (Å²) in [5, 5.41) is 10.6. The number of carbonyl (C=O) groups excluding carboxylic acids is 2. The molecule has 9 nitrogen and oxygen atoms in total. The van der Waals surface area contributed by atoms with Gasteiger partial charge in [-0.05, 0) is 68.7 Å². The summed E-state index contributed by atoms with van der Waals surface area (Å²) >= 11 is 0. The lowest BCUT2D eigenvalue weighted by molar-refractivity contribution is -0.143. The second-order valence-corrected chi connectivity index (χ2v) is 12.5. The Morgan fingerprint density at radius 2 is 1.84 bits per heavy atom. The molecule has 0 radical (unpaired) electrons. The van der Waals surface area contributed by atoms with Gasteiger partial charge in [0.15, 0.2) is 0 Å². The van der Waals surface area contributed by atoms with E-state index in [0.29, 0.717) is 45.6 Å². The molecular formula is C34H46N4O5. The molecule has 0 bridgehead atoms. The molecule has 2 amide bonds. The molecule has 0 saturated carbocycles. The fourth-order valence-corrected chi connectivity index (χ4v) is 7.01. The van der Waals surface area contributed by atoms with Crippen molar-refractivity contribution in [2.75, 3.05) is 64.9 Å². The zero-order valence-electron chi connectivity index (χ0n) is 25.8. The lowest BCUT2D eigenvalue weighted by Crippen LogP contribution is -2.46. The summed E-state index contributed by atoms with van der Waals surface area (Å²) in [5.41, 5.74) is 4.00. The molecule has 1 unspecified atom stereocenters. The van der Waals surface area contributed by atoms with Crippen molar-refractivity contribution >= 4 is 23.5 Å². The monoisotopic (exact) mass is 590 g/mol. The quantitative estimate of drug-likeness (QED) is 0.359. The first-order valence-corrected chi connectivity index (χ1v) is 15.8. The van der Waals surface area contributed by atoms with Crippen molar-refractivity contribution in [1.82, 2.24) is 14.7 Å². The molecule has 0 aliphatic carbocycles. The van der Waals surface area contributed by atoms with Crippen LogP contribution in [0, 0.1) is 5.92 Å². The van der Waals surface area contributed by atoms with Gasteiger partial charge in [-0.1, -0.05) is 43.7 Å². The van der Waals surface area contributed by atoms with Crippen molar-refractivity contribution in [3.63, 3.8) is 0 Å². The van der Waals surface area contributed by atoms with Gasteiger partial charge in [-0.2, -0.15) is 0 Å². The number of carboxylic acids is 1. The number of unbranched alkanes of at least 4 members (excludes halogenated alkanes) is 1. The van der Waals surface area contributed by atoms with Crippen molar-refractivity contribution in [2.24, 2.45) is 5.92 Å². The summed E-state index contributed by atoms with van der Waals surface area (Å²) in [4.78, 5) is 47.7. The smallest absolute Gasteiger partial charge is 0.308 e. The summed E-state index contributed by atoms with van der Waals surface area (Å²) in [5.74, 6) is -0.863. The van der Waals surface area contributed by atoms with E-state index in [1.165, 1.54) is 0 Å². The van der Waals surface area contributed by atoms with Gasteiger partial charge in [0.2, 0.25) is 11.8 Å². The van der Waals surface area contributed by atoms with Crippen molar-refractivity contribution < 1.29 is 24.2 Å². The van der Waals surface area contributed by atoms with Crippen LogP contribution in [0.3, 0.4) is 0 Å². The highest BCUT2D eigenvalue weighted by atomic mass is 16.5. The fraction of sp³-hybridized carbons (Fsp3) is 0.559. The third kappa shape index (κ3) is 7.04. The topological polar surface area (TPSA) is 93.6 Å². The van der Waals surface area contributed by atoms with Gasteiger partial charge in [0.05, 0.1) is 25.5 Å². The molecule has 5 rings (SSSR count). The van der Waals surface area contributed by atoms with Gasteiger partial charge >= 0.3 is 5.97 Å². The Morgan fingerprint density at radius 1 is 1.05 bits per heavy atom. The lowest BCUT2D eigenvalue weighted by atomic mass is 9.83. The van der Waals surface area contributed by atoms with Crippen LogP contribution < -0.4 is 9.64 Å². The number of hydrogen-bond donors (Lipinski definition) is 1. The number of benzene rings is 2. The average Bonchev–Trinajstić information content (AvgIpc) is 3.68. The van der Waals surface area contributed by atoms with E-state index in [2.05, 4.69) is 22.8 Å². The van der Waals surface area contributed by atoms with E-state index in [4.69, 9.17) is 4.74 Å². The first-order valence-electron chi connectivity index (χ1n) is 15.8. The second kappa shape index (κ2) is 13.9. The number of amides is 2. The van der Waals surface area contributed by atoms with E-state index < -0.39 is 11.9 Å². The van der Waals surface area contributed by atoms with Gasteiger partial charge in [-0.15, -0.1) is 0 Å². The minimum atomic E-state index is -0.858. The number of carboxylic acid groups (broad SMARTS) is 1. The molecule has 1 fully saturated rings. The van der Waals surface area contributed by atoms with Crippen molar-refractivity contribution in [3.05, 3.63) is 59.2 Å². The number of rotatable bonds is 14. The highest BCUT2D eigenvalue weighted by Crippen LogP contribution is 2.41. The number of carbonyl (C=O) groups is 3. The van der Waals surface area contributed by atoms with Crippen molar-refractivity contribution in [3.8, 4) is 5.75 Å². The molecule has 3 atom stereocenters. The number of nitrogens with zero attached hydrogens (tertiary/aromatic N) is 4. The minimum absolute atomic E-state index is 0.0375. The summed E-state index contributed by atoms with van der Waals surface area (Å²) in [6, 6.07) is 13.5. The number of likely N-dealkylation sites (tertiary alicyclic amines) is 1. The first-order chi connectivity index (χ1) is 20.8. The van der Waals surface area contributed by atoms with Crippen LogP contribution in [0.2, 0.25) is 0 Å². The maximum absolute atomic E-state index is 13.8. The van der Waals surface area contributed by atoms with Gasteiger partial charge in [0.1, 0.15) is 5.75 Å². The summed E-state index contributed by atoms with van der Waals surface area (Å²) in [7, 11) is 4.07. The van der Waals surface area contributed by atoms with Crippen molar-refractivity contribution in [1.29, 1.82) is 0 Å². The van der Waals surface area contributed by atoms with Crippen LogP contribution >= 0.6 is 0 Å². The number of aliphatic carboxylic acids is 1. The Bertz CT molecular complexity index is 1310. The molecule has 2 aromatic rings. The Balaban J connectivity index is 1.39. The SMILES string of the molecule is CCCCN(CCCN(C)C)C(=O)CN1C[C@H](c2ccc3c(c2)CCO3)C(C(=O)O)[C@@H]1CCN1C(=O)Cc2ccccc21. The lowest BCUT2D eigenvalue weighted by Gasteiger charge is -2.31. The van der Waals surface area contributed by atoms with Crippen LogP contribution in [-0.2, 0) is 27.2 Å². The molecule has 232 valence electrons. The second-order valence-electron chi connectivity index (χ2n) is 12.5. The Labute approximate surface area is 255 Å². The third-order valence-corrected chi connectivity index (χ3v) is 9.25. The molecule has 3 aliphatic heterocycles. The third-order valence-electron chi connectivity index (χ3n) is 9.25. The van der Waals surface area contributed by atoms with Crippen LogP contribution in [0.1, 0.15) is 55.2 Å². The molecule has 3 heterocycles. The van der Waals surface area contributed by atoms with E-state index in [9.17, 15) is 19.5 Å². The summed E-state index contributed by atoms with van der Waals surface area (Å²) in [6.45, 7) is 6.14. The van der Waals surface area contributed by atoms with Crippen LogP contribution in [0.15, 0.2) is 42.5 Å². The van der Waals surface area contributed by atoms with Crippen LogP contribution in [-0.4, -0.2) is 104 Å². The average molecular weight is 591 g/mol. The van der Waals surface area contributed by atoms with E-state index in [1.54, 1.807) is 4.90 Å². The molecule has 0 spiro atoms. The number of hydrogen-bond acceptors (Lipinski definition) is 6. The fourth-order valence-electron chi connectivity index (χ4n) is 7.01. The van der Waals surface area contributed by atoms with Gasteiger partial charge in [-0.25, -0.2) is 0 Å². The minimum Gasteiger partial charge on any atom is -0.493 e. The zero-order valence-corrected chi connectivity index (χ0v) is 25.8. The molecule has 3 aliphatic rings. The Kier molecular flexibility index (Phi) is 10.0. The van der Waals surface area contributed by atoms with Crippen LogP contribution in [0.5, 0.6) is 5.75 Å². The maximum atomic E-state index is 13.8. The van der Waals surface area contributed by atoms with Crippen LogP contribution in [0.4, 0.5) is 5.69 Å². The van der Waals surface area contributed by atoms with Gasteiger partial charge in [0.25, 0.3) is 0 Å². The largest absolute Gasteiger partial charge is 0.493 e. The summed E-state index contributed by atoms with van der Waals surface area (Å²) in [6.07, 6.45) is 4.48. The number of anilines is 1. The van der Waals surface area contributed by atoms with E-state index in [-0.39, 0.29) is 30.3 Å². The molecule has 1 N–H and O–H groups in total. The molecular weight excluding hydrogens is 544 g/mol. The predicted octanol–water partition coefficient (Wildman–Crippen LogP) is 3.65. The van der Waals surface area contributed by atoms with Gasteiger partial charge in [0, 0.05) is 50.2 Å². The van der Waals surface area contributed by atoms with E-state index >= 15 is 0 Å². The molecule has 2 aromatic carbocycles. The van der Waals surface area contributed by atoms with E-state index in [1.807, 2.05) is 55.4 Å². The predicted molar refractivity (Wildman–Crippen MR) is 167 cm³/mol. The zero-order chi connectivity index (χ0) is 30.5. The van der Waals surface area contributed by atoms with E-state index in [0.717, 1.165) is 60.4 Å². The Morgan fingerprint density at radius 3 is 2.60 bits per heavy atom. The molecule has 1 saturated heterocycles. The summed E-state index contributed by atoms with van der Waals surface area (Å²) < 4.78 is 5.71. The molecule has 9 heteroatoms. The molecule has 43 heavy (non-hydrogen) atoms. The standard InChI is InChI=1S/C34H46N4O5/c1-4-5-16-36(17-8-15-35(2)3)32(40)23-37-22-27(24-11-12-30-26(20-24)14-19-43-30)33(34(41)42)29(37)13-18-38-28-10-7-6-9-25(28)21-31(38)39/h6-7,9-12,20,27,29,33H,4-5,8,13-19,21-23H2,1-3H3,(H,41,42)/t27-,29+,33?/m1/s1. The maximum Gasteiger partial charge on any atom is 0.308 e. The number of fused-ring (bicyclic) bond motifs is 2. The van der Waals surface area contributed by atoms with Crippen LogP contribution in [0.25, 0.3) is 0 Å². The first kappa shape index (κ1) is 31.0. The highest BCUT2D eigenvalue weighted by Gasteiger charge is 2.47. The normalized spacial score (nSPS) is 21.3. The Hall–Kier alpha value is -3.43. The molecule has 0 aromatic heterocycles. The number of para-hydroxylation sites is 1.